The van der Waals surface area contributed by atoms with Crippen LogP contribution in [0.1, 0.15) is 19.4 Å². The molecule has 0 unspecified atom stereocenters. The molecular weight excluding hydrogens is 270 g/mol. The van der Waals surface area contributed by atoms with E-state index in [9.17, 15) is 0 Å². The second kappa shape index (κ2) is 6.84. The number of anilines is 3. The molecule has 0 atom stereocenters. The lowest BCUT2D eigenvalue weighted by molar-refractivity contribution is 0.309. The van der Waals surface area contributed by atoms with Crippen molar-refractivity contribution in [2.24, 2.45) is 0 Å². The van der Waals surface area contributed by atoms with Crippen molar-refractivity contribution in [3.8, 4) is 0 Å². The zero-order valence-corrected chi connectivity index (χ0v) is 13.5. The molecule has 3 nitrogen and oxygen atoms in total. The van der Waals surface area contributed by atoms with Crippen molar-refractivity contribution < 1.29 is 0 Å². The van der Waals surface area contributed by atoms with E-state index < -0.39 is 0 Å². The van der Waals surface area contributed by atoms with Crippen LogP contribution < -0.4 is 10.2 Å². The van der Waals surface area contributed by atoms with Gasteiger partial charge >= 0.3 is 0 Å². The molecule has 116 valence electrons. The molecule has 0 radical (unpaired) electrons. The van der Waals surface area contributed by atoms with Crippen LogP contribution in [0.4, 0.5) is 17.1 Å². The third-order valence-corrected chi connectivity index (χ3v) is 4.47. The van der Waals surface area contributed by atoms with Gasteiger partial charge in [-0.2, -0.15) is 0 Å². The molecule has 2 aromatic rings. The molecule has 0 amide bonds. The van der Waals surface area contributed by atoms with Crippen LogP contribution in [0.25, 0.3) is 0 Å². The molecule has 1 N–H and O–H groups in total. The average molecular weight is 295 g/mol. The van der Waals surface area contributed by atoms with Crippen molar-refractivity contribution in [1.29, 1.82) is 0 Å². The summed E-state index contributed by atoms with van der Waals surface area (Å²) in [6, 6.07) is 17.2. The SMILES string of the molecule is CCN(CC)CCN1Cc2ccccc2Nc2ccccc21. The Hall–Kier alpha value is -2.00. The van der Waals surface area contributed by atoms with Crippen LogP contribution in [0.2, 0.25) is 0 Å². The highest BCUT2D eigenvalue weighted by atomic mass is 15.2. The van der Waals surface area contributed by atoms with Crippen molar-refractivity contribution in [2.45, 2.75) is 20.4 Å². The molecule has 0 aromatic heterocycles. The van der Waals surface area contributed by atoms with E-state index in [1.807, 2.05) is 0 Å². The molecule has 3 heteroatoms. The predicted octanol–water partition coefficient (Wildman–Crippen LogP) is 4.09. The van der Waals surface area contributed by atoms with Crippen LogP contribution in [0.3, 0.4) is 0 Å². The third kappa shape index (κ3) is 3.09. The maximum Gasteiger partial charge on any atom is 0.0622 e. The van der Waals surface area contributed by atoms with Gasteiger partial charge in [0.1, 0.15) is 0 Å². The Bertz CT molecular complexity index is 620. The van der Waals surface area contributed by atoms with E-state index in [1.54, 1.807) is 0 Å². The maximum absolute atomic E-state index is 3.59. The zero-order valence-electron chi connectivity index (χ0n) is 13.5. The molecule has 1 heterocycles. The van der Waals surface area contributed by atoms with Gasteiger partial charge in [-0.15, -0.1) is 0 Å². The van der Waals surface area contributed by atoms with Crippen molar-refractivity contribution in [3.05, 3.63) is 54.1 Å². The third-order valence-electron chi connectivity index (χ3n) is 4.47. The molecule has 3 rings (SSSR count). The molecule has 2 aromatic carbocycles. The average Bonchev–Trinajstić information content (AvgIpc) is 2.72. The minimum absolute atomic E-state index is 0.960. The molecule has 0 saturated carbocycles. The van der Waals surface area contributed by atoms with Crippen molar-refractivity contribution in [3.63, 3.8) is 0 Å². The number of benzene rings is 2. The zero-order chi connectivity index (χ0) is 15.4. The molecule has 0 saturated heterocycles. The summed E-state index contributed by atoms with van der Waals surface area (Å²) in [7, 11) is 0. The summed E-state index contributed by atoms with van der Waals surface area (Å²) in [5.41, 5.74) is 5.08. The molecule has 0 aliphatic carbocycles. The Morgan fingerprint density at radius 1 is 0.955 bits per heavy atom. The standard InChI is InChI=1S/C19H25N3/c1-3-21(4-2)13-14-22-15-16-9-5-6-10-17(16)20-18-11-7-8-12-19(18)22/h5-12,20H,3-4,13-15H2,1-2H3. The van der Waals surface area contributed by atoms with Gasteiger partial charge in [-0.3, -0.25) is 0 Å². The van der Waals surface area contributed by atoms with Gasteiger partial charge in [0.05, 0.1) is 11.4 Å². The van der Waals surface area contributed by atoms with E-state index >= 15 is 0 Å². The highest BCUT2D eigenvalue weighted by Gasteiger charge is 2.18. The van der Waals surface area contributed by atoms with Crippen molar-refractivity contribution >= 4 is 17.1 Å². The van der Waals surface area contributed by atoms with Crippen molar-refractivity contribution in [1.82, 2.24) is 4.90 Å². The molecule has 0 fully saturated rings. The van der Waals surface area contributed by atoms with Crippen LogP contribution in [-0.2, 0) is 6.54 Å². The summed E-state index contributed by atoms with van der Waals surface area (Å²) in [5.74, 6) is 0. The van der Waals surface area contributed by atoms with Crippen LogP contribution in [0, 0.1) is 0 Å². The lowest BCUT2D eigenvalue weighted by Crippen LogP contribution is -2.34. The summed E-state index contributed by atoms with van der Waals surface area (Å²) in [6.45, 7) is 9.80. The number of likely N-dealkylation sites (N-methyl/N-ethyl adjacent to an activating group) is 1. The molecule has 0 bridgehead atoms. The molecule has 1 aliphatic heterocycles. The van der Waals surface area contributed by atoms with E-state index in [1.165, 1.54) is 22.6 Å². The summed E-state index contributed by atoms with van der Waals surface area (Å²) in [6.07, 6.45) is 0. The first-order chi connectivity index (χ1) is 10.8. The largest absolute Gasteiger partial charge is 0.364 e. The number of nitrogens with one attached hydrogen (secondary N) is 1. The van der Waals surface area contributed by atoms with E-state index in [0.717, 1.165) is 32.7 Å². The lowest BCUT2D eigenvalue weighted by atomic mass is 10.1. The van der Waals surface area contributed by atoms with E-state index in [-0.39, 0.29) is 0 Å². The van der Waals surface area contributed by atoms with Crippen LogP contribution in [0.15, 0.2) is 48.5 Å². The van der Waals surface area contributed by atoms with Gasteiger partial charge in [0.15, 0.2) is 0 Å². The number of para-hydroxylation sites is 3. The summed E-state index contributed by atoms with van der Waals surface area (Å²) < 4.78 is 0. The van der Waals surface area contributed by atoms with Gasteiger partial charge < -0.3 is 15.1 Å². The number of fused-ring (bicyclic) bond motifs is 2. The Morgan fingerprint density at radius 2 is 1.64 bits per heavy atom. The maximum atomic E-state index is 3.59. The smallest absolute Gasteiger partial charge is 0.0622 e. The highest BCUT2D eigenvalue weighted by Crippen LogP contribution is 2.35. The van der Waals surface area contributed by atoms with Gasteiger partial charge in [0.25, 0.3) is 0 Å². The Balaban J connectivity index is 1.88. The van der Waals surface area contributed by atoms with Gasteiger partial charge in [0.2, 0.25) is 0 Å². The van der Waals surface area contributed by atoms with Crippen LogP contribution >= 0.6 is 0 Å². The molecular formula is C19H25N3. The molecule has 22 heavy (non-hydrogen) atoms. The number of hydrogen-bond acceptors (Lipinski definition) is 3. The van der Waals surface area contributed by atoms with Gasteiger partial charge in [-0.25, -0.2) is 0 Å². The second-order valence-corrected chi connectivity index (χ2v) is 5.75. The first-order valence-electron chi connectivity index (χ1n) is 8.23. The number of nitrogens with zero attached hydrogens (tertiary/aromatic N) is 2. The van der Waals surface area contributed by atoms with Gasteiger partial charge in [-0.05, 0) is 36.9 Å². The van der Waals surface area contributed by atoms with Gasteiger partial charge in [-0.1, -0.05) is 44.2 Å². The number of hydrogen-bond donors (Lipinski definition) is 1. The molecule has 0 spiro atoms. The minimum atomic E-state index is 0.960. The highest BCUT2D eigenvalue weighted by molar-refractivity contribution is 5.78. The number of rotatable bonds is 5. The fourth-order valence-electron chi connectivity index (χ4n) is 3.07. The monoisotopic (exact) mass is 295 g/mol. The minimum Gasteiger partial charge on any atom is -0.364 e. The predicted molar refractivity (Wildman–Crippen MR) is 95.0 cm³/mol. The van der Waals surface area contributed by atoms with Crippen molar-refractivity contribution in [2.75, 3.05) is 36.4 Å². The van der Waals surface area contributed by atoms with Crippen LogP contribution in [0.5, 0.6) is 0 Å². The van der Waals surface area contributed by atoms with Gasteiger partial charge in [0, 0.05) is 25.3 Å². The Morgan fingerprint density at radius 3 is 2.41 bits per heavy atom. The van der Waals surface area contributed by atoms with E-state index in [2.05, 4.69) is 77.5 Å². The first kappa shape index (κ1) is 14.9. The summed E-state index contributed by atoms with van der Waals surface area (Å²) in [5, 5.41) is 3.59. The Labute approximate surface area is 133 Å². The summed E-state index contributed by atoms with van der Waals surface area (Å²) in [4.78, 5) is 4.97. The fourth-order valence-corrected chi connectivity index (χ4v) is 3.07. The van der Waals surface area contributed by atoms with E-state index in [4.69, 9.17) is 0 Å². The first-order valence-corrected chi connectivity index (χ1v) is 8.23. The summed E-state index contributed by atoms with van der Waals surface area (Å²) >= 11 is 0. The van der Waals surface area contributed by atoms with Crippen LogP contribution in [-0.4, -0.2) is 31.1 Å². The second-order valence-electron chi connectivity index (χ2n) is 5.75. The topological polar surface area (TPSA) is 18.5 Å². The molecule has 1 aliphatic rings. The lowest BCUT2D eigenvalue weighted by Gasteiger charge is -2.28. The Kier molecular flexibility index (Phi) is 4.64. The quantitative estimate of drug-likeness (QED) is 0.896. The van der Waals surface area contributed by atoms with E-state index in [0.29, 0.717) is 0 Å². The fraction of sp³-hybridized carbons (Fsp3) is 0.368. The normalized spacial score (nSPS) is 13.3.